The summed E-state index contributed by atoms with van der Waals surface area (Å²) in [6.07, 6.45) is 2.59. The van der Waals surface area contributed by atoms with Crippen LogP contribution in [0.25, 0.3) is 10.8 Å². The maximum Gasteiger partial charge on any atom is 0.359 e. The van der Waals surface area contributed by atoms with Crippen molar-refractivity contribution in [2.45, 2.75) is 32.7 Å². The second kappa shape index (κ2) is 10.7. The van der Waals surface area contributed by atoms with Gasteiger partial charge in [0.2, 0.25) is 0 Å². The Labute approximate surface area is 193 Å². The van der Waals surface area contributed by atoms with Crippen LogP contribution in [0.15, 0.2) is 47.3 Å². The van der Waals surface area contributed by atoms with Gasteiger partial charge in [0.15, 0.2) is 12.3 Å². The minimum Gasteiger partial charge on any atom is -0.451 e. The Hall–Kier alpha value is -3.79. The van der Waals surface area contributed by atoms with Gasteiger partial charge in [-0.05, 0) is 18.6 Å². The predicted octanol–water partition coefficient (Wildman–Crippen LogP) is 3.94. The van der Waals surface area contributed by atoms with Crippen LogP contribution < -0.4 is 10.9 Å². The minimum absolute atomic E-state index is 0.0139. The summed E-state index contributed by atoms with van der Waals surface area (Å²) in [4.78, 5) is 48.0. The van der Waals surface area contributed by atoms with E-state index in [-0.39, 0.29) is 27.7 Å². The number of halogens is 1. The zero-order valence-electron chi connectivity index (χ0n) is 17.7. The lowest BCUT2D eigenvalue weighted by molar-refractivity contribution is -0.384. The van der Waals surface area contributed by atoms with Crippen molar-refractivity contribution in [2.24, 2.45) is 0 Å². The van der Waals surface area contributed by atoms with Gasteiger partial charge in [-0.1, -0.05) is 49.6 Å². The van der Waals surface area contributed by atoms with E-state index in [1.165, 1.54) is 16.8 Å². The van der Waals surface area contributed by atoms with Crippen molar-refractivity contribution in [2.75, 3.05) is 11.9 Å². The molecule has 0 radical (unpaired) electrons. The summed E-state index contributed by atoms with van der Waals surface area (Å²) in [6, 6.07) is 10.1. The first-order valence-electron chi connectivity index (χ1n) is 10.2. The van der Waals surface area contributed by atoms with Crippen molar-refractivity contribution in [3.8, 4) is 0 Å². The van der Waals surface area contributed by atoms with Gasteiger partial charge in [-0.25, -0.2) is 9.48 Å². The number of hydrogen-bond acceptors (Lipinski definition) is 7. The summed E-state index contributed by atoms with van der Waals surface area (Å²) < 4.78 is 6.34. The lowest BCUT2D eigenvalue weighted by Gasteiger charge is -2.11. The summed E-state index contributed by atoms with van der Waals surface area (Å²) in [7, 11) is 0. The maximum absolute atomic E-state index is 12.7. The fourth-order valence-electron chi connectivity index (χ4n) is 3.16. The highest BCUT2D eigenvalue weighted by atomic mass is 35.5. The van der Waals surface area contributed by atoms with Crippen molar-refractivity contribution in [1.82, 2.24) is 9.78 Å². The van der Waals surface area contributed by atoms with E-state index in [4.69, 9.17) is 16.3 Å². The van der Waals surface area contributed by atoms with E-state index in [2.05, 4.69) is 10.4 Å². The first kappa shape index (κ1) is 23.9. The van der Waals surface area contributed by atoms with Gasteiger partial charge in [-0.15, -0.1) is 0 Å². The number of carbonyl (C=O) groups is 2. The van der Waals surface area contributed by atoms with Crippen LogP contribution in [0.3, 0.4) is 0 Å². The van der Waals surface area contributed by atoms with Gasteiger partial charge in [-0.2, -0.15) is 5.10 Å². The molecule has 1 amide bonds. The smallest absolute Gasteiger partial charge is 0.359 e. The lowest BCUT2D eigenvalue weighted by Crippen LogP contribution is -2.28. The standard InChI is InChI=1S/C22H21ClN4O6/c1-2-3-6-11-26-21(29)16-8-5-4-7-15(16)20(25-26)22(30)33-13-19(28)24-18-12-14(27(31)32)9-10-17(18)23/h4-5,7-10,12H,2-3,6,11,13H2,1H3,(H,24,28). The van der Waals surface area contributed by atoms with Gasteiger partial charge >= 0.3 is 5.97 Å². The third kappa shape index (κ3) is 5.72. The number of aromatic nitrogens is 2. The molecule has 172 valence electrons. The number of amides is 1. The number of rotatable bonds is 9. The first-order chi connectivity index (χ1) is 15.8. The van der Waals surface area contributed by atoms with E-state index in [9.17, 15) is 24.5 Å². The number of anilines is 1. The number of carbonyl (C=O) groups excluding carboxylic acids is 2. The molecule has 0 fully saturated rings. The van der Waals surface area contributed by atoms with E-state index in [0.717, 1.165) is 25.3 Å². The van der Waals surface area contributed by atoms with Gasteiger partial charge in [-0.3, -0.25) is 19.7 Å². The number of unbranched alkanes of at least 4 members (excludes halogenated alkanes) is 2. The molecule has 0 aliphatic rings. The van der Waals surface area contributed by atoms with Gasteiger partial charge in [0.25, 0.3) is 17.2 Å². The molecule has 0 spiro atoms. The molecule has 0 unspecified atom stereocenters. The Balaban J connectivity index is 1.77. The Morgan fingerprint density at radius 2 is 1.91 bits per heavy atom. The molecule has 0 saturated heterocycles. The molecule has 3 rings (SSSR count). The molecular weight excluding hydrogens is 452 g/mol. The number of nitrogens with one attached hydrogen (secondary N) is 1. The Bertz CT molecular complexity index is 1270. The zero-order valence-corrected chi connectivity index (χ0v) is 18.5. The highest BCUT2D eigenvalue weighted by molar-refractivity contribution is 6.33. The normalized spacial score (nSPS) is 10.7. The van der Waals surface area contributed by atoms with Crippen molar-refractivity contribution in [3.63, 3.8) is 0 Å². The molecule has 0 aliphatic carbocycles. The van der Waals surface area contributed by atoms with Crippen molar-refractivity contribution in [1.29, 1.82) is 0 Å². The molecule has 1 heterocycles. The van der Waals surface area contributed by atoms with Gasteiger partial charge in [0.05, 0.1) is 21.0 Å². The predicted molar refractivity (Wildman–Crippen MR) is 123 cm³/mol. The zero-order chi connectivity index (χ0) is 24.0. The summed E-state index contributed by atoms with van der Waals surface area (Å²) in [5.74, 6) is -1.62. The number of nitro groups is 1. The molecule has 0 aliphatic heterocycles. The second-order valence-corrected chi connectivity index (χ2v) is 7.58. The van der Waals surface area contributed by atoms with Gasteiger partial charge in [0, 0.05) is 24.1 Å². The fraction of sp³-hybridized carbons (Fsp3) is 0.273. The largest absolute Gasteiger partial charge is 0.451 e. The van der Waals surface area contributed by atoms with E-state index in [1.54, 1.807) is 24.3 Å². The molecule has 0 atom stereocenters. The molecule has 11 heteroatoms. The summed E-state index contributed by atoms with van der Waals surface area (Å²) in [5.41, 5.74) is -0.633. The van der Waals surface area contributed by atoms with Crippen LogP contribution in [0, 0.1) is 10.1 Å². The number of benzene rings is 2. The van der Waals surface area contributed by atoms with Gasteiger partial charge in [0.1, 0.15) is 0 Å². The molecule has 33 heavy (non-hydrogen) atoms. The Kier molecular flexibility index (Phi) is 7.73. The average molecular weight is 473 g/mol. The van der Waals surface area contributed by atoms with Crippen molar-refractivity contribution >= 4 is 45.6 Å². The highest BCUT2D eigenvalue weighted by Crippen LogP contribution is 2.26. The number of non-ortho nitro benzene ring substituents is 1. The second-order valence-electron chi connectivity index (χ2n) is 7.18. The molecule has 1 N–H and O–H groups in total. The summed E-state index contributed by atoms with van der Waals surface area (Å²) in [5, 5.41) is 18.2. The molecule has 1 aromatic heterocycles. The topological polar surface area (TPSA) is 133 Å². The molecule has 10 nitrogen and oxygen atoms in total. The van der Waals surface area contributed by atoms with Crippen LogP contribution in [0.5, 0.6) is 0 Å². The number of ether oxygens (including phenoxy) is 1. The van der Waals surface area contributed by atoms with Crippen LogP contribution in [-0.2, 0) is 16.1 Å². The van der Waals surface area contributed by atoms with Crippen molar-refractivity contribution < 1.29 is 19.2 Å². The quantitative estimate of drug-likeness (QED) is 0.216. The summed E-state index contributed by atoms with van der Waals surface area (Å²) >= 11 is 5.97. The number of nitro benzene ring substituents is 1. The monoisotopic (exact) mass is 472 g/mol. The van der Waals surface area contributed by atoms with E-state index >= 15 is 0 Å². The number of nitrogens with zero attached hydrogens (tertiary/aromatic N) is 3. The molecule has 0 bridgehead atoms. The molecule has 0 saturated carbocycles. The lowest BCUT2D eigenvalue weighted by atomic mass is 10.1. The molecule has 2 aromatic carbocycles. The molecular formula is C22H21ClN4O6. The highest BCUT2D eigenvalue weighted by Gasteiger charge is 2.20. The molecule has 3 aromatic rings. The first-order valence-corrected chi connectivity index (χ1v) is 10.6. The third-order valence-corrected chi connectivity index (χ3v) is 5.13. The van der Waals surface area contributed by atoms with Crippen molar-refractivity contribution in [3.05, 3.63) is 73.6 Å². The van der Waals surface area contributed by atoms with Crippen LogP contribution in [-0.4, -0.2) is 33.2 Å². The SMILES string of the molecule is CCCCCn1nc(C(=O)OCC(=O)Nc2cc([N+](=O)[O-])ccc2Cl)c2ccccc2c1=O. The van der Waals surface area contributed by atoms with Crippen LogP contribution in [0.4, 0.5) is 11.4 Å². The Morgan fingerprint density at radius 1 is 1.18 bits per heavy atom. The maximum atomic E-state index is 12.7. The number of hydrogen-bond donors (Lipinski definition) is 1. The van der Waals surface area contributed by atoms with Gasteiger partial charge < -0.3 is 10.1 Å². The van der Waals surface area contributed by atoms with Crippen LogP contribution >= 0.6 is 11.6 Å². The van der Waals surface area contributed by atoms with E-state index < -0.39 is 23.4 Å². The fourth-order valence-corrected chi connectivity index (χ4v) is 3.32. The minimum atomic E-state index is -0.879. The van der Waals surface area contributed by atoms with Crippen LogP contribution in [0.2, 0.25) is 5.02 Å². The van der Waals surface area contributed by atoms with E-state index in [1.807, 2.05) is 6.92 Å². The number of esters is 1. The summed E-state index contributed by atoms with van der Waals surface area (Å²) in [6.45, 7) is 1.71. The number of fused-ring (bicyclic) bond motifs is 1. The number of aryl methyl sites for hydroxylation is 1. The van der Waals surface area contributed by atoms with E-state index in [0.29, 0.717) is 17.3 Å². The Morgan fingerprint density at radius 3 is 2.61 bits per heavy atom. The average Bonchev–Trinajstić information content (AvgIpc) is 2.80. The van der Waals surface area contributed by atoms with Crippen LogP contribution in [0.1, 0.15) is 36.7 Å². The third-order valence-electron chi connectivity index (χ3n) is 4.80.